The highest BCUT2D eigenvalue weighted by atomic mass is 19.4. The molecule has 0 fully saturated rings. The first kappa shape index (κ1) is 13.0. The highest BCUT2D eigenvalue weighted by Gasteiger charge is 2.33. The van der Waals surface area contributed by atoms with Crippen LogP contribution >= 0.6 is 0 Å². The number of nitriles is 1. The van der Waals surface area contributed by atoms with E-state index in [0.29, 0.717) is 6.07 Å². The molecule has 1 rings (SSSR count). The zero-order valence-corrected chi connectivity index (χ0v) is 7.92. The van der Waals surface area contributed by atoms with E-state index in [0.717, 1.165) is 0 Å². The lowest BCUT2D eigenvalue weighted by molar-refractivity contribution is -0.276. The van der Waals surface area contributed by atoms with Crippen LogP contribution in [0.2, 0.25) is 0 Å². The lowest BCUT2D eigenvalue weighted by Crippen LogP contribution is -2.18. The second-order valence-electron chi connectivity index (χ2n) is 2.77. The molecule has 0 radical (unpaired) electrons. The fraction of sp³-hybridized carbons (Fsp3) is 0.250. The van der Waals surface area contributed by atoms with Gasteiger partial charge in [0.05, 0.1) is 5.56 Å². The van der Waals surface area contributed by atoms with E-state index in [1.54, 1.807) is 0 Å². The van der Waals surface area contributed by atoms with E-state index in [1.807, 2.05) is 0 Å². The van der Waals surface area contributed by atoms with Gasteiger partial charge < -0.3 is 10.5 Å². The van der Waals surface area contributed by atoms with Gasteiger partial charge in [-0.3, -0.25) is 0 Å². The summed E-state index contributed by atoms with van der Waals surface area (Å²) in [5.74, 6) is -1.06. The molecule has 92 valence electrons. The smallest absolute Gasteiger partial charge is 0.398 e. The van der Waals surface area contributed by atoms with Crippen molar-refractivity contribution in [3.8, 4) is 11.9 Å². The third-order valence-electron chi connectivity index (χ3n) is 1.61. The number of alkyl halides is 5. The average molecular weight is 253 g/mol. The fourth-order valence-corrected chi connectivity index (χ4v) is 1.04. The van der Waals surface area contributed by atoms with Crippen molar-refractivity contribution in [2.75, 3.05) is 5.73 Å². The molecule has 1 heterocycles. The normalized spacial score (nSPS) is 11.4. The van der Waals surface area contributed by atoms with Gasteiger partial charge in [-0.25, -0.2) is 13.8 Å². The van der Waals surface area contributed by atoms with Crippen molar-refractivity contribution in [1.29, 1.82) is 5.26 Å². The van der Waals surface area contributed by atoms with Gasteiger partial charge in [-0.05, 0) is 0 Å². The van der Waals surface area contributed by atoms with Crippen LogP contribution in [0.3, 0.4) is 0 Å². The summed E-state index contributed by atoms with van der Waals surface area (Å²) in [4.78, 5) is 3.00. The Balaban J connectivity index is 3.24. The molecule has 17 heavy (non-hydrogen) atoms. The number of anilines is 1. The second kappa shape index (κ2) is 4.40. The first-order valence-corrected chi connectivity index (χ1v) is 3.99. The molecule has 0 saturated carbocycles. The van der Waals surface area contributed by atoms with E-state index in [2.05, 4.69) is 9.72 Å². The highest BCUT2D eigenvalue weighted by Crippen LogP contribution is 2.31. The Morgan fingerprint density at radius 2 is 2.00 bits per heavy atom. The van der Waals surface area contributed by atoms with Gasteiger partial charge in [0.25, 0.3) is 6.43 Å². The van der Waals surface area contributed by atoms with Crippen molar-refractivity contribution < 1.29 is 26.7 Å². The number of pyridine rings is 1. The summed E-state index contributed by atoms with van der Waals surface area (Å²) in [7, 11) is 0. The van der Waals surface area contributed by atoms with Crippen molar-refractivity contribution >= 4 is 5.69 Å². The Hall–Kier alpha value is -2.11. The van der Waals surface area contributed by atoms with Crippen LogP contribution in [0.15, 0.2) is 6.07 Å². The zero-order valence-electron chi connectivity index (χ0n) is 7.92. The van der Waals surface area contributed by atoms with Crippen molar-refractivity contribution in [2.45, 2.75) is 12.8 Å². The van der Waals surface area contributed by atoms with Crippen LogP contribution in [0.5, 0.6) is 5.88 Å². The van der Waals surface area contributed by atoms with Crippen molar-refractivity contribution in [1.82, 2.24) is 4.98 Å². The predicted molar refractivity (Wildman–Crippen MR) is 45.0 cm³/mol. The maximum Gasteiger partial charge on any atom is 0.574 e. The van der Waals surface area contributed by atoms with Gasteiger partial charge in [0.2, 0.25) is 5.88 Å². The number of hydrogen-bond acceptors (Lipinski definition) is 4. The summed E-state index contributed by atoms with van der Waals surface area (Å²) >= 11 is 0. The molecule has 0 spiro atoms. The van der Waals surface area contributed by atoms with E-state index >= 15 is 0 Å². The van der Waals surface area contributed by atoms with Gasteiger partial charge >= 0.3 is 6.36 Å². The summed E-state index contributed by atoms with van der Waals surface area (Å²) in [5, 5.41) is 8.48. The molecule has 1 aromatic rings. The van der Waals surface area contributed by atoms with Crippen LogP contribution in [0.1, 0.15) is 17.7 Å². The first-order valence-electron chi connectivity index (χ1n) is 3.99. The van der Waals surface area contributed by atoms with Crippen LogP contribution in [-0.2, 0) is 0 Å². The zero-order chi connectivity index (χ0) is 13.2. The number of halogens is 5. The second-order valence-corrected chi connectivity index (χ2v) is 2.77. The molecule has 0 atom stereocenters. The molecule has 0 aliphatic heterocycles. The van der Waals surface area contributed by atoms with Crippen LogP contribution in [0.4, 0.5) is 27.6 Å². The highest BCUT2D eigenvalue weighted by molar-refractivity contribution is 5.55. The summed E-state index contributed by atoms with van der Waals surface area (Å²) < 4.78 is 63.7. The number of nitrogens with zero attached hydrogens (tertiary/aromatic N) is 2. The molecule has 0 unspecified atom stereocenters. The van der Waals surface area contributed by atoms with E-state index < -0.39 is 35.6 Å². The van der Waals surface area contributed by atoms with Crippen molar-refractivity contribution in [2.24, 2.45) is 0 Å². The van der Waals surface area contributed by atoms with E-state index in [1.165, 1.54) is 6.07 Å². The lowest BCUT2D eigenvalue weighted by Gasteiger charge is -2.11. The molecule has 2 N–H and O–H groups in total. The fourth-order valence-electron chi connectivity index (χ4n) is 1.04. The standard InChI is InChI=1S/C8H4F5N3O/c9-7(10)6-3(15)1-5(16-4(6)2-14)17-8(11,12)13/h1,7H,(H2,15,16). The van der Waals surface area contributed by atoms with Crippen LogP contribution in [-0.4, -0.2) is 11.3 Å². The monoisotopic (exact) mass is 253 g/mol. The largest absolute Gasteiger partial charge is 0.574 e. The Bertz CT molecular complexity index is 465. The van der Waals surface area contributed by atoms with Crippen LogP contribution in [0.25, 0.3) is 0 Å². The predicted octanol–water partition coefficient (Wildman–Crippen LogP) is 2.37. The summed E-state index contributed by atoms with van der Waals surface area (Å²) in [6, 6.07) is 1.71. The molecule has 0 saturated heterocycles. The number of ether oxygens (including phenoxy) is 1. The van der Waals surface area contributed by atoms with E-state index in [-0.39, 0.29) is 0 Å². The lowest BCUT2D eigenvalue weighted by atomic mass is 10.1. The number of rotatable bonds is 2. The molecule has 4 nitrogen and oxygen atoms in total. The van der Waals surface area contributed by atoms with Gasteiger partial charge in [0.1, 0.15) is 6.07 Å². The van der Waals surface area contributed by atoms with Gasteiger partial charge in [0, 0.05) is 11.8 Å². The topological polar surface area (TPSA) is 71.9 Å². The minimum Gasteiger partial charge on any atom is -0.398 e. The Morgan fingerprint density at radius 3 is 2.41 bits per heavy atom. The molecule has 0 bridgehead atoms. The van der Waals surface area contributed by atoms with Gasteiger partial charge in [-0.1, -0.05) is 0 Å². The molecular formula is C8H4F5N3O. The van der Waals surface area contributed by atoms with Crippen molar-refractivity contribution in [3.05, 3.63) is 17.3 Å². The van der Waals surface area contributed by atoms with Gasteiger partial charge in [0.15, 0.2) is 5.69 Å². The van der Waals surface area contributed by atoms with E-state index in [9.17, 15) is 22.0 Å². The number of nitrogen functional groups attached to an aromatic ring is 1. The minimum atomic E-state index is -5.04. The van der Waals surface area contributed by atoms with Crippen molar-refractivity contribution in [3.63, 3.8) is 0 Å². The maximum atomic E-state index is 12.4. The van der Waals surface area contributed by atoms with Gasteiger partial charge in [-0.15, -0.1) is 13.2 Å². The van der Waals surface area contributed by atoms with Gasteiger partial charge in [-0.2, -0.15) is 5.26 Å². The minimum absolute atomic E-state index is 0.482. The van der Waals surface area contributed by atoms with E-state index in [4.69, 9.17) is 11.0 Å². The molecule has 0 amide bonds. The molecule has 9 heteroatoms. The average Bonchev–Trinajstić information content (AvgIpc) is 2.12. The number of nitrogens with two attached hydrogens (primary N) is 1. The first-order chi connectivity index (χ1) is 7.74. The number of hydrogen-bond donors (Lipinski definition) is 1. The molecule has 1 aromatic heterocycles. The molecule has 0 aromatic carbocycles. The molecule has 0 aliphatic rings. The number of aromatic nitrogens is 1. The van der Waals surface area contributed by atoms with Crippen LogP contribution in [0, 0.1) is 11.3 Å². The third-order valence-corrected chi connectivity index (χ3v) is 1.61. The summed E-state index contributed by atoms with van der Waals surface area (Å²) in [6.45, 7) is 0. The van der Waals surface area contributed by atoms with Crippen LogP contribution < -0.4 is 10.5 Å². The maximum absolute atomic E-state index is 12.4. The Kier molecular flexibility index (Phi) is 3.36. The SMILES string of the molecule is N#Cc1nc(OC(F)(F)F)cc(N)c1C(F)F. The summed E-state index contributed by atoms with van der Waals surface area (Å²) in [5.41, 5.74) is 2.59. The Morgan fingerprint density at radius 1 is 1.41 bits per heavy atom. The molecular weight excluding hydrogens is 249 g/mol. The quantitative estimate of drug-likeness (QED) is 0.821. The third kappa shape index (κ3) is 3.17. The summed E-state index contributed by atoms with van der Waals surface area (Å²) in [6.07, 6.45) is -8.16. The Labute approximate surface area is 91.4 Å². The molecule has 0 aliphatic carbocycles.